The van der Waals surface area contributed by atoms with Gasteiger partial charge in [0.15, 0.2) is 0 Å². The van der Waals surface area contributed by atoms with Gasteiger partial charge in [-0.2, -0.15) is 13.2 Å². The van der Waals surface area contributed by atoms with Crippen LogP contribution in [-0.2, 0) is 11.2 Å². The largest absolute Gasteiger partial charge is 0.497 e. The fourth-order valence-corrected chi connectivity index (χ4v) is 5.56. The molecule has 0 aliphatic carbocycles. The minimum Gasteiger partial charge on any atom is -0.497 e. The lowest BCUT2D eigenvalue weighted by atomic mass is 9.96. The van der Waals surface area contributed by atoms with E-state index in [0.29, 0.717) is 42.8 Å². The minimum absolute atomic E-state index is 0.00787. The van der Waals surface area contributed by atoms with Gasteiger partial charge in [0.2, 0.25) is 0 Å². The number of aliphatic carboxylic acids is 1. The molecular weight excluding hydrogens is 643 g/mol. The summed E-state index contributed by atoms with van der Waals surface area (Å²) in [6.45, 7) is 5.62. The fraction of sp³-hybridized carbons (Fsp3) is 0.300. The van der Waals surface area contributed by atoms with Crippen LogP contribution in [0.15, 0.2) is 59.5 Å². The van der Waals surface area contributed by atoms with Gasteiger partial charge in [0.25, 0.3) is 11.5 Å². The maximum Gasteiger partial charge on any atom is 0.490 e. The number of methoxy groups -OCH3 is 1. The zero-order valence-electron chi connectivity index (χ0n) is 24.2. The van der Waals surface area contributed by atoms with Crippen LogP contribution < -0.4 is 15.2 Å². The third-order valence-corrected chi connectivity index (χ3v) is 8.01. The number of nitrogens with zero attached hydrogens (tertiary/aromatic N) is 3. The van der Waals surface area contributed by atoms with Crippen LogP contribution >= 0.6 is 23.2 Å². The standard InChI is InChI=1S/C28H27Cl2FN4O3.C2HF3O2/c1-28(2)16-33(10-11-34(28)18-5-7-20(38-3)8-6-18)27(37)21-13-17(4-9-23(21)31)12-19-15-32-26(36)24-14-22(29)25(30)35(19)24;3-2(4,5)1(6)7/h4-9,13-15H,10-12,16H2,1-3H3,(H,32,36);(H,6,7). The van der Waals surface area contributed by atoms with Crippen LogP contribution in [0.1, 0.15) is 35.5 Å². The Morgan fingerprint density at radius 2 is 1.71 bits per heavy atom. The fourth-order valence-electron chi connectivity index (χ4n) is 5.12. The molecule has 1 aliphatic rings. The quantitative estimate of drug-likeness (QED) is 0.251. The molecule has 0 radical (unpaired) electrons. The van der Waals surface area contributed by atoms with Crippen molar-refractivity contribution in [3.63, 3.8) is 0 Å². The molecule has 9 nitrogen and oxygen atoms in total. The third-order valence-electron chi connectivity index (χ3n) is 7.25. The highest BCUT2D eigenvalue weighted by atomic mass is 35.5. The van der Waals surface area contributed by atoms with Crippen LogP contribution in [0.4, 0.5) is 23.2 Å². The molecule has 1 fully saturated rings. The number of aromatic amines is 1. The number of anilines is 1. The monoisotopic (exact) mass is 670 g/mol. The summed E-state index contributed by atoms with van der Waals surface area (Å²) in [6.07, 6.45) is -3.24. The number of carbonyl (C=O) groups excluding carboxylic acids is 1. The second kappa shape index (κ2) is 13.0. The molecule has 5 rings (SSSR count). The van der Waals surface area contributed by atoms with Gasteiger partial charge in [-0.1, -0.05) is 29.3 Å². The molecule has 240 valence electrons. The average molecular weight is 671 g/mol. The highest BCUT2D eigenvalue weighted by molar-refractivity contribution is 6.42. The van der Waals surface area contributed by atoms with Crippen molar-refractivity contribution in [1.82, 2.24) is 14.3 Å². The first kappa shape index (κ1) is 33.7. The number of halogens is 6. The SMILES string of the molecule is COc1ccc(N2CCN(C(=O)c3cc(Cc4c[nH]c(=O)c5cc(Cl)c(Cl)n45)ccc3F)CC2(C)C)cc1.O=C(O)C(F)(F)F. The Morgan fingerprint density at radius 1 is 1.07 bits per heavy atom. The predicted octanol–water partition coefficient (Wildman–Crippen LogP) is 6.05. The van der Waals surface area contributed by atoms with E-state index in [4.69, 9.17) is 37.8 Å². The Kier molecular flexibility index (Phi) is 9.74. The summed E-state index contributed by atoms with van der Waals surface area (Å²) < 4.78 is 53.5. The molecule has 1 amide bonds. The van der Waals surface area contributed by atoms with Gasteiger partial charge in [0.1, 0.15) is 22.2 Å². The predicted molar refractivity (Wildman–Crippen MR) is 161 cm³/mol. The van der Waals surface area contributed by atoms with Crippen molar-refractivity contribution in [3.05, 3.63) is 97.9 Å². The van der Waals surface area contributed by atoms with E-state index in [-0.39, 0.29) is 32.7 Å². The Labute approximate surface area is 264 Å². The van der Waals surface area contributed by atoms with Crippen molar-refractivity contribution in [2.75, 3.05) is 31.6 Å². The molecule has 45 heavy (non-hydrogen) atoms. The van der Waals surface area contributed by atoms with Crippen molar-refractivity contribution in [2.45, 2.75) is 32.0 Å². The highest BCUT2D eigenvalue weighted by Gasteiger charge is 2.38. The molecular formula is C30H28Cl2F4N4O5. The molecule has 0 saturated carbocycles. The average Bonchev–Trinajstić information content (AvgIpc) is 3.29. The van der Waals surface area contributed by atoms with Gasteiger partial charge in [-0.3, -0.25) is 14.0 Å². The van der Waals surface area contributed by atoms with Crippen LogP contribution in [0.2, 0.25) is 10.2 Å². The number of carboxylic acids is 1. The van der Waals surface area contributed by atoms with Gasteiger partial charge >= 0.3 is 12.1 Å². The number of rotatable bonds is 5. The van der Waals surface area contributed by atoms with Crippen LogP contribution in [-0.4, -0.2) is 69.7 Å². The molecule has 3 heterocycles. The van der Waals surface area contributed by atoms with Crippen LogP contribution in [0, 0.1) is 5.82 Å². The van der Waals surface area contributed by atoms with Crippen LogP contribution in [0.25, 0.3) is 5.52 Å². The number of aromatic nitrogens is 2. The number of amides is 1. The topological polar surface area (TPSA) is 107 Å². The van der Waals surface area contributed by atoms with Crippen LogP contribution in [0.3, 0.4) is 0 Å². The smallest absolute Gasteiger partial charge is 0.490 e. The van der Waals surface area contributed by atoms with E-state index < -0.39 is 18.0 Å². The van der Waals surface area contributed by atoms with E-state index in [2.05, 4.69) is 23.7 Å². The first-order valence-electron chi connectivity index (χ1n) is 13.4. The molecule has 15 heteroatoms. The van der Waals surface area contributed by atoms with Crippen LogP contribution in [0.5, 0.6) is 5.75 Å². The van der Waals surface area contributed by atoms with Gasteiger partial charge in [-0.05, 0) is 61.9 Å². The second-order valence-electron chi connectivity index (χ2n) is 10.8. The summed E-state index contributed by atoms with van der Waals surface area (Å²) >= 11 is 12.5. The number of hydrogen-bond acceptors (Lipinski definition) is 5. The number of piperazine rings is 1. The maximum atomic E-state index is 14.9. The number of nitrogens with one attached hydrogen (secondary N) is 1. The number of hydrogen-bond donors (Lipinski definition) is 2. The molecule has 0 atom stereocenters. The van der Waals surface area contributed by atoms with E-state index in [1.165, 1.54) is 12.1 Å². The maximum absolute atomic E-state index is 14.9. The first-order valence-corrected chi connectivity index (χ1v) is 14.2. The lowest BCUT2D eigenvalue weighted by Crippen LogP contribution is -2.60. The van der Waals surface area contributed by atoms with Crippen molar-refractivity contribution < 1.29 is 37.0 Å². The Morgan fingerprint density at radius 3 is 2.29 bits per heavy atom. The molecule has 0 unspecified atom stereocenters. The number of fused-ring (bicyclic) bond motifs is 1. The lowest BCUT2D eigenvalue weighted by Gasteiger charge is -2.48. The third kappa shape index (κ3) is 7.36. The number of carbonyl (C=O) groups is 2. The van der Waals surface area contributed by atoms with E-state index in [1.54, 1.807) is 34.7 Å². The lowest BCUT2D eigenvalue weighted by molar-refractivity contribution is -0.192. The molecule has 2 aromatic carbocycles. The zero-order valence-corrected chi connectivity index (χ0v) is 25.7. The summed E-state index contributed by atoms with van der Waals surface area (Å²) in [5, 5.41) is 7.61. The van der Waals surface area contributed by atoms with Gasteiger partial charge in [0, 0.05) is 43.6 Å². The molecule has 2 aromatic heterocycles. The number of carboxylic acid groups (broad SMARTS) is 1. The van der Waals surface area contributed by atoms with Gasteiger partial charge < -0.3 is 24.6 Å². The first-order chi connectivity index (χ1) is 21.0. The van der Waals surface area contributed by atoms with E-state index in [1.807, 2.05) is 24.3 Å². The summed E-state index contributed by atoms with van der Waals surface area (Å²) in [4.78, 5) is 41.2. The second-order valence-corrected chi connectivity index (χ2v) is 11.6. The van der Waals surface area contributed by atoms with E-state index in [0.717, 1.165) is 11.4 Å². The molecule has 1 saturated heterocycles. The number of benzene rings is 2. The highest BCUT2D eigenvalue weighted by Crippen LogP contribution is 2.31. The van der Waals surface area contributed by atoms with Gasteiger partial charge in [-0.25, -0.2) is 9.18 Å². The number of alkyl halides is 3. The van der Waals surface area contributed by atoms with Crippen molar-refractivity contribution in [2.24, 2.45) is 0 Å². The van der Waals surface area contributed by atoms with Gasteiger partial charge in [-0.15, -0.1) is 0 Å². The Balaban J connectivity index is 0.000000591. The summed E-state index contributed by atoms with van der Waals surface area (Å²) in [5.41, 5.74) is 2.00. The Hall–Kier alpha value is -4.23. The zero-order chi connectivity index (χ0) is 33.3. The summed E-state index contributed by atoms with van der Waals surface area (Å²) in [7, 11) is 1.63. The molecule has 0 bridgehead atoms. The summed E-state index contributed by atoms with van der Waals surface area (Å²) in [5.74, 6) is -2.92. The Bertz CT molecular complexity index is 1790. The van der Waals surface area contributed by atoms with Gasteiger partial charge in [0.05, 0.1) is 23.2 Å². The van der Waals surface area contributed by atoms with Crippen molar-refractivity contribution >= 4 is 46.3 Å². The molecule has 2 N–H and O–H groups in total. The minimum atomic E-state index is -5.08. The summed E-state index contributed by atoms with van der Waals surface area (Å²) in [6, 6.07) is 13.8. The van der Waals surface area contributed by atoms with E-state index >= 15 is 0 Å². The normalized spacial score (nSPS) is 14.6. The van der Waals surface area contributed by atoms with E-state index in [9.17, 15) is 27.2 Å². The number of ether oxygens (including phenoxy) is 1. The molecule has 4 aromatic rings. The molecule has 0 spiro atoms. The number of H-pyrrole nitrogens is 1. The molecule has 1 aliphatic heterocycles. The van der Waals surface area contributed by atoms with Crippen molar-refractivity contribution in [1.29, 1.82) is 0 Å². The van der Waals surface area contributed by atoms with Crippen molar-refractivity contribution in [3.8, 4) is 5.75 Å².